The van der Waals surface area contributed by atoms with Gasteiger partial charge in [0.25, 0.3) is 0 Å². The summed E-state index contributed by atoms with van der Waals surface area (Å²) in [6.45, 7) is 5.97. The van der Waals surface area contributed by atoms with Gasteiger partial charge in [-0.2, -0.15) is 0 Å². The molecule has 7 nitrogen and oxygen atoms in total. The largest absolute Gasteiger partial charge is 0.469 e. The molecule has 0 aromatic carbocycles. The summed E-state index contributed by atoms with van der Waals surface area (Å²) < 4.78 is 4.72. The summed E-state index contributed by atoms with van der Waals surface area (Å²) in [5.41, 5.74) is 0. The zero-order valence-corrected chi connectivity index (χ0v) is 13.0. The molecule has 120 valence electrons. The van der Waals surface area contributed by atoms with E-state index in [2.05, 4.69) is 10.6 Å². The first-order valence-corrected chi connectivity index (χ1v) is 7.30. The van der Waals surface area contributed by atoms with E-state index >= 15 is 0 Å². The molecule has 0 saturated carbocycles. The van der Waals surface area contributed by atoms with Crippen LogP contribution in [0.3, 0.4) is 0 Å². The van der Waals surface area contributed by atoms with Gasteiger partial charge in [0.15, 0.2) is 0 Å². The summed E-state index contributed by atoms with van der Waals surface area (Å²) in [4.78, 5) is 36.5. The highest BCUT2D eigenvalue weighted by atomic mass is 16.5. The normalized spacial score (nSPS) is 16.6. The molecule has 1 saturated heterocycles. The van der Waals surface area contributed by atoms with E-state index in [1.807, 2.05) is 18.7 Å². The van der Waals surface area contributed by atoms with Crippen molar-refractivity contribution < 1.29 is 19.1 Å². The molecule has 1 fully saturated rings. The van der Waals surface area contributed by atoms with Crippen molar-refractivity contribution in [3.8, 4) is 0 Å². The van der Waals surface area contributed by atoms with Crippen molar-refractivity contribution >= 4 is 17.9 Å². The maximum atomic E-state index is 11.7. The molecule has 1 aliphatic heterocycles. The SMILES string of the molecule is COC(=O)C1CCN(CC(=O)NC(=O)NCC(C)C)CC1. The number of amides is 3. The first-order valence-electron chi connectivity index (χ1n) is 7.30. The summed E-state index contributed by atoms with van der Waals surface area (Å²) in [5, 5.41) is 4.93. The Hall–Kier alpha value is -1.63. The van der Waals surface area contributed by atoms with Gasteiger partial charge in [-0.15, -0.1) is 0 Å². The molecule has 0 bridgehead atoms. The van der Waals surface area contributed by atoms with Gasteiger partial charge >= 0.3 is 12.0 Å². The maximum absolute atomic E-state index is 11.7. The predicted octanol–water partition coefficient (Wildman–Crippen LogP) is 0.353. The van der Waals surface area contributed by atoms with Gasteiger partial charge in [-0.05, 0) is 31.8 Å². The van der Waals surface area contributed by atoms with Crippen molar-refractivity contribution in [3.63, 3.8) is 0 Å². The summed E-state index contributed by atoms with van der Waals surface area (Å²) >= 11 is 0. The zero-order valence-electron chi connectivity index (χ0n) is 13.0. The Kier molecular flexibility index (Phi) is 7.14. The quantitative estimate of drug-likeness (QED) is 0.715. The highest BCUT2D eigenvalue weighted by Gasteiger charge is 2.26. The third-order valence-corrected chi connectivity index (χ3v) is 3.41. The zero-order chi connectivity index (χ0) is 15.8. The summed E-state index contributed by atoms with van der Waals surface area (Å²) in [7, 11) is 1.39. The third kappa shape index (κ3) is 6.57. The van der Waals surface area contributed by atoms with Crippen LogP contribution in [-0.4, -0.2) is 56.1 Å². The van der Waals surface area contributed by atoms with Crippen molar-refractivity contribution in [2.24, 2.45) is 11.8 Å². The number of nitrogens with zero attached hydrogens (tertiary/aromatic N) is 1. The van der Waals surface area contributed by atoms with Crippen LogP contribution < -0.4 is 10.6 Å². The van der Waals surface area contributed by atoms with Crippen LogP contribution in [0.1, 0.15) is 26.7 Å². The molecule has 0 radical (unpaired) electrons. The lowest BCUT2D eigenvalue weighted by Crippen LogP contribution is -2.47. The Bertz CT molecular complexity index is 376. The van der Waals surface area contributed by atoms with E-state index in [-0.39, 0.29) is 24.3 Å². The number of ether oxygens (including phenoxy) is 1. The lowest BCUT2D eigenvalue weighted by molar-refractivity contribution is -0.147. The molecule has 1 rings (SSSR count). The number of carbonyl (C=O) groups is 3. The molecular formula is C14H25N3O4. The Balaban J connectivity index is 2.24. The minimum absolute atomic E-state index is 0.0800. The molecule has 3 amide bonds. The topological polar surface area (TPSA) is 87.7 Å². The fourth-order valence-electron chi connectivity index (χ4n) is 2.20. The second-order valence-corrected chi connectivity index (χ2v) is 5.73. The highest BCUT2D eigenvalue weighted by molar-refractivity contribution is 5.95. The number of rotatable bonds is 5. The van der Waals surface area contributed by atoms with E-state index in [1.54, 1.807) is 0 Å². The molecule has 2 N–H and O–H groups in total. The maximum Gasteiger partial charge on any atom is 0.321 e. The van der Waals surface area contributed by atoms with E-state index in [9.17, 15) is 14.4 Å². The summed E-state index contributed by atoms with van der Waals surface area (Å²) in [6, 6.07) is -0.460. The number of esters is 1. The van der Waals surface area contributed by atoms with Gasteiger partial charge in [-0.25, -0.2) is 4.79 Å². The first kappa shape index (κ1) is 17.4. The van der Waals surface area contributed by atoms with Crippen LogP contribution in [0, 0.1) is 11.8 Å². The standard InChI is InChI=1S/C14H25N3O4/c1-10(2)8-15-14(20)16-12(18)9-17-6-4-11(5-7-17)13(19)21-3/h10-11H,4-9H2,1-3H3,(H2,15,16,18,20). The molecule has 1 aliphatic rings. The third-order valence-electron chi connectivity index (χ3n) is 3.41. The van der Waals surface area contributed by atoms with Crippen molar-refractivity contribution in [2.45, 2.75) is 26.7 Å². The van der Waals surface area contributed by atoms with Gasteiger partial charge in [0.05, 0.1) is 19.6 Å². The molecule has 0 spiro atoms. The van der Waals surface area contributed by atoms with Gasteiger partial charge in [-0.3, -0.25) is 19.8 Å². The number of urea groups is 1. The lowest BCUT2D eigenvalue weighted by Gasteiger charge is -2.29. The van der Waals surface area contributed by atoms with Crippen LogP contribution >= 0.6 is 0 Å². The highest BCUT2D eigenvalue weighted by Crippen LogP contribution is 2.17. The number of likely N-dealkylation sites (tertiary alicyclic amines) is 1. The molecule has 0 aromatic heterocycles. The van der Waals surface area contributed by atoms with E-state index in [1.165, 1.54) is 7.11 Å². The van der Waals surface area contributed by atoms with Gasteiger partial charge in [0.2, 0.25) is 5.91 Å². The Labute approximate surface area is 125 Å². The van der Waals surface area contributed by atoms with E-state index < -0.39 is 6.03 Å². The fourth-order valence-corrected chi connectivity index (χ4v) is 2.20. The second kappa shape index (κ2) is 8.61. The van der Waals surface area contributed by atoms with Crippen LogP contribution in [0.2, 0.25) is 0 Å². The number of piperidine rings is 1. The van der Waals surface area contributed by atoms with Crippen molar-refractivity contribution in [2.75, 3.05) is 33.3 Å². The number of hydrogen-bond acceptors (Lipinski definition) is 5. The van der Waals surface area contributed by atoms with Gasteiger partial charge in [0.1, 0.15) is 0 Å². The van der Waals surface area contributed by atoms with E-state index in [4.69, 9.17) is 4.74 Å². The van der Waals surface area contributed by atoms with Crippen LogP contribution in [0.5, 0.6) is 0 Å². The average Bonchev–Trinajstić information content (AvgIpc) is 2.45. The van der Waals surface area contributed by atoms with E-state index in [0.29, 0.717) is 38.4 Å². The number of methoxy groups -OCH3 is 1. The molecule has 1 heterocycles. The first-order chi connectivity index (χ1) is 9.92. The Morgan fingerprint density at radius 2 is 1.86 bits per heavy atom. The smallest absolute Gasteiger partial charge is 0.321 e. The average molecular weight is 299 g/mol. The van der Waals surface area contributed by atoms with Crippen molar-refractivity contribution in [1.29, 1.82) is 0 Å². The number of hydrogen-bond donors (Lipinski definition) is 2. The molecule has 7 heteroatoms. The minimum Gasteiger partial charge on any atom is -0.469 e. The predicted molar refractivity (Wildman–Crippen MR) is 77.6 cm³/mol. The lowest BCUT2D eigenvalue weighted by atomic mass is 9.97. The van der Waals surface area contributed by atoms with Crippen molar-refractivity contribution in [3.05, 3.63) is 0 Å². The molecule has 0 aliphatic carbocycles. The molecule has 21 heavy (non-hydrogen) atoms. The molecular weight excluding hydrogens is 274 g/mol. The summed E-state index contributed by atoms with van der Waals surface area (Å²) in [5.74, 6) is -0.258. The number of nitrogens with one attached hydrogen (secondary N) is 2. The monoisotopic (exact) mass is 299 g/mol. The van der Waals surface area contributed by atoms with E-state index in [0.717, 1.165) is 0 Å². The molecule has 0 unspecified atom stereocenters. The van der Waals surface area contributed by atoms with Gasteiger partial charge in [-0.1, -0.05) is 13.8 Å². The van der Waals surface area contributed by atoms with Crippen LogP contribution in [0.25, 0.3) is 0 Å². The molecule has 0 aromatic rings. The fraction of sp³-hybridized carbons (Fsp3) is 0.786. The van der Waals surface area contributed by atoms with Crippen molar-refractivity contribution in [1.82, 2.24) is 15.5 Å². The Morgan fingerprint density at radius 3 is 2.38 bits per heavy atom. The minimum atomic E-state index is -0.460. The van der Waals surface area contributed by atoms with Gasteiger partial charge < -0.3 is 10.1 Å². The summed E-state index contributed by atoms with van der Waals surface area (Å²) in [6.07, 6.45) is 1.36. The van der Waals surface area contributed by atoms with Crippen LogP contribution in [0.4, 0.5) is 4.79 Å². The number of imide groups is 1. The Morgan fingerprint density at radius 1 is 1.24 bits per heavy atom. The number of carbonyl (C=O) groups excluding carboxylic acids is 3. The molecule has 0 atom stereocenters. The van der Waals surface area contributed by atoms with Gasteiger partial charge in [0, 0.05) is 6.54 Å². The van der Waals surface area contributed by atoms with Crippen LogP contribution in [0.15, 0.2) is 0 Å². The second-order valence-electron chi connectivity index (χ2n) is 5.73. The van der Waals surface area contributed by atoms with Crippen LogP contribution in [-0.2, 0) is 14.3 Å².